The number of nitrogen functional groups attached to an aromatic ring is 1. The Hall–Kier alpha value is -1.88. The first-order chi connectivity index (χ1) is 9.32. The molecule has 1 aromatic heterocycles. The van der Waals surface area contributed by atoms with Crippen LogP contribution in [0, 0.1) is 12.3 Å². The molecule has 1 atom stereocenters. The number of hydrogen-bond acceptors (Lipinski definition) is 5. The molecule has 5 heteroatoms. The molecule has 2 N–H and O–H groups in total. The first-order valence-corrected chi connectivity index (χ1v) is 6.56. The van der Waals surface area contributed by atoms with E-state index in [1.165, 1.54) is 0 Å². The van der Waals surface area contributed by atoms with Crippen molar-refractivity contribution in [1.82, 2.24) is 10.1 Å². The predicted molar refractivity (Wildman–Crippen MR) is 78.1 cm³/mol. The van der Waals surface area contributed by atoms with Gasteiger partial charge in [-0.05, 0) is 30.0 Å². The molecule has 0 fully saturated rings. The highest BCUT2D eigenvalue weighted by atomic mass is 16.5. The van der Waals surface area contributed by atoms with Gasteiger partial charge in [0.1, 0.15) is 6.10 Å². The number of aryl methyl sites for hydroxylation is 1. The lowest BCUT2D eigenvalue weighted by Gasteiger charge is -2.26. The fourth-order valence-electron chi connectivity index (χ4n) is 2.08. The van der Waals surface area contributed by atoms with Crippen LogP contribution in [0.2, 0.25) is 0 Å². The van der Waals surface area contributed by atoms with Crippen molar-refractivity contribution in [3.05, 3.63) is 29.6 Å². The van der Waals surface area contributed by atoms with E-state index in [1.54, 1.807) is 7.11 Å². The largest absolute Gasteiger partial charge is 0.398 e. The summed E-state index contributed by atoms with van der Waals surface area (Å²) in [4.78, 5) is 4.43. The molecule has 0 spiro atoms. The van der Waals surface area contributed by atoms with Gasteiger partial charge in [-0.3, -0.25) is 0 Å². The molecule has 5 nitrogen and oxygen atoms in total. The molecule has 0 saturated carbocycles. The Morgan fingerprint density at radius 3 is 2.55 bits per heavy atom. The zero-order chi connectivity index (χ0) is 14.9. The molecule has 0 aliphatic carbocycles. The molecule has 0 saturated heterocycles. The zero-order valence-corrected chi connectivity index (χ0v) is 12.6. The van der Waals surface area contributed by atoms with Crippen LogP contribution in [-0.4, -0.2) is 17.3 Å². The molecule has 2 rings (SSSR count). The predicted octanol–water partition coefficient (Wildman–Crippen LogP) is 3.36. The molecule has 2 aromatic rings. The van der Waals surface area contributed by atoms with Crippen LogP contribution in [0.4, 0.5) is 5.69 Å². The van der Waals surface area contributed by atoms with Crippen molar-refractivity contribution in [3.63, 3.8) is 0 Å². The van der Waals surface area contributed by atoms with Crippen molar-refractivity contribution in [2.45, 2.75) is 33.8 Å². The van der Waals surface area contributed by atoms with E-state index in [9.17, 15) is 0 Å². The second kappa shape index (κ2) is 5.25. The van der Waals surface area contributed by atoms with Gasteiger partial charge in [0.25, 0.3) is 5.89 Å². The molecule has 108 valence electrons. The molecule has 0 amide bonds. The van der Waals surface area contributed by atoms with Crippen LogP contribution in [-0.2, 0) is 4.74 Å². The maximum absolute atomic E-state index is 5.91. The van der Waals surface area contributed by atoms with Gasteiger partial charge in [0, 0.05) is 18.4 Å². The maximum atomic E-state index is 5.91. The van der Waals surface area contributed by atoms with Gasteiger partial charge in [0.2, 0.25) is 5.82 Å². The quantitative estimate of drug-likeness (QED) is 0.869. The molecule has 20 heavy (non-hydrogen) atoms. The van der Waals surface area contributed by atoms with Crippen molar-refractivity contribution in [2.24, 2.45) is 5.41 Å². The van der Waals surface area contributed by atoms with E-state index in [2.05, 4.69) is 30.9 Å². The second-order valence-electron chi connectivity index (χ2n) is 6.01. The van der Waals surface area contributed by atoms with E-state index in [4.69, 9.17) is 15.0 Å². The molecule has 1 aromatic carbocycles. The topological polar surface area (TPSA) is 74.2 Å². The average Bonchev–Trinajstić information content (AvgIpc) is 2.81. The summed E-state index contributed by atoms with van der Waals surface area (Å²) in [6.07, 6.45) is -0.220. The third-order valence-electron chi connectivity index (χ3n) is 3.22. The summed E-state index contributed by atoms with van der Waals surface area (Å²) in [5.41, 5.74) is 8.35. The lowest BCUT2D eigenvalue weighted by Crippen LogP contribution is -2.21. The van der Waals surface area contributed by atoms with Crippen LogP contribution < -0.4 is 5.73 Å². The lowest BCUT2D eigenvalue weighted by molar-refractivity contribution is 0.00718. The van der Waals surface area contributed by atoms with Crippen molar-refractivity contribution in [1.29, 1.82) is 0 Å². The van der Waals surface area contributed by atoms with E-state index in [-0.39, 0.29) is 11.5 Å². The van der Waals surface area contributed by atoms with Gasteiger partial charge in [-0.2, -0.15) is 4.98 Å². The Balaban J connectivity index is 2.35. The Morgan fingerprint density at radius 1 is 1.30 bits per heavy atom. The Labute approximate surface area is 119 Å². The SMILES string of the molecule is COC(c1noc(-c2ccc(C)c(N)c2)n1)C(C)(C)C. The maximum Gasteiger partial charge on any atom is 0.258 e. The second-order valence-corrected chi connectivity index (χ2v) is 6.01. The van der Waals surface area contributed by atoms with Crippen molar-refractivity contribution in [2.75, 3.05) is 12.8 Å². The normalized spacial score (nSPS) is 13.4. The van der Waals surface area contributed by atoms with Crippen molar-refractivity contribution < 1.29 is 9.26 Å². The van der Waals surface area contributed by atoms with Crippen LogP contribution in [0.15, 0.2) is 22.7 Å². The molecular formula is C15H21N3O2. The third kappa shape index (κ3) is 2.82. The van der Waals surface area contributed by atoms with E-state index >= 15 is 0 Å². The summed E-state index contributed by atoms with van der Waals surface area (Å²) in [6.45, 7) is 8.17. The molecule has 0 aliphatic rings. The van der Waals surface area contributed by atoms with E-state index < -0.39 is 0 Å². The Morgan fingerprint density at radius 2 is 2.00 bits per heavy atom. The van der Waals surface area contributed by atoms with Crippen molar-refractivity contribution >= 4 is 5.69 Å². The fourth-order valence-corrected chi connectivity index (χ4v) is 2.08. The number of rotatable bonds is 3. The van der Waals surface area contributed by atoms with Gasteiger partial charge in [-0.15, -0.1) is 0 Å². The number of anilines is 1. The Bertz CT molecular complexity index is 599. The summed E-state index contributed by atoms with van der Waals surface area (Å²) >= 11 is 0. The number of hydrogen-bond donors (Lipinski definition) is 1. The molecule has 1 heterocycles. The van der Waals surface area contributed by atoms with Crippen LogP contribution >= 0.6 is 0 Å². The summed E-state index contributed by atoms with van der Waals surface area (Å²) in [6, 6.07) is 5.69. The van der Waals surface area contributed by atoms with Gasteiger partial charge in [0.15, 0.2) is 0 Å². The summed E-state index contributed by atoms with van der Waals surface area (Å²) < 4.78 is 10.8. The fraction of sp³-hybridized carbons (Fsp3) is 0.467. The first-order valence-electron chi connectivity index (χ1n) is 6.56. The van der Waals surface area contributed by atoms with Crippen LogP contribution in [0.1, 0.15) is 38.3 Å². The number of ether oxygens (including phenoxy) is 1. The highest BCUT2D eigenvalue weighted by molar-refractivity contribution is 5.62. The lowest BCUT2D eigenvalue weighted by atomic mass is 9.88. The minimum absolute atomic E-state index is 0.109. The van der Waals surface area contributed by atoms with Gasteiger partial charge >= 0.3 is 0 Å². The molecule has 0 bridgehead atoms. The standard InChI is InChI=1S/C15H21N3O2/c1-9-6-7-10(8-11(9)16)14-17-13(18-20-14)12(19-5)15(2,3)4/h6-8,12H,16H2,1-5H3. The zero-order valence-electron chi connectivity index (χ0n) is 12.6. The van der Waals surface area contributed by atoms with Crippen molar-refractivity contribution in [3.8, 4) is 11.5 Å². The molecule has 1 unspecified atom stereocenters. The number of benzene rings is 1. The van der Waals surface area contributed by atoms with E-state index in [0.29, 0.717) is 17.4 Å². The smallest absolute Gasteiger partial charge is 0.258 e. The third-order valence-corrected chi connectivity index (χ3v) is 3.22. The Kier molecular flexibility index (Phi) is 3.81. The molecule has 0 radical (unpaired) electrons. The first kappa shape index (κ1) is 14.5. The van der Waals surface area contributed by atoms with Gasteiger partial charge in [-0.25, -0.2) is 0 Å². The highest BCUT2D eigenvalue weighted by Gasteiger charge is 2.30. The summed E-state index contributed by atoms with van der Waals surface area (Å²) in [7, 11) is 1.65. The van der Waals surface area contributed by atoms with Crippen LogP contribution in [0.25, 0.3) is 11.5 Å². The molecular weight excluding hydrogens is 254 g/mol. The number of aromatic nitrogens is 2. The van der Waals surface area contributed by atoms with E-state index in [0.717, 1.165) is 11.1 Å². The highest BCUT2D eigenvalue weighted by Crippen LogP contribution is 2.34. The number of nitrogens with zero attached hydrogens (tertiary/aromatic N) is 2. The average molecular weight is 275 g/mol. The summed E-state index contributed by atoms with van der Waals surface area (Å²) in [5.74, 6) is 1.01. The molecule has 0 aliphatic heterocycles. The number of methoxy groups -OCH3 is 1. The number of nitrogens with two attached hydrogens (primary N) is 1. The minimum Gasteiger partial charge on any atom is -0.398 e. The summed E-state index contributed by atoms with van der Waals surface area (Å²) in [5, 5.41) is 4.03. The van der Waals surface area contributed by atoms with Crippen LogP contribution in [0.3, 0.4) is 0 Å². The van der Waals surface area contributed by atoms with Gasteiger partial charge in [-0.1, -0.05) is 32.0 Å². The van der Waals surface area contributed by atoms with E-state index in [1.807, 2.05) is 25.1 Å². The monoisotopic (exact) mass is 275 g/mol. The van der Waals surface area contributed by atoms with Gasteiger partial charge in [0.05, 0.1) is 0 Å². The van der Waals surface area contributed by atoms with Crippen LogP contribution in [0.5, 0.6) is 0 Å². The van der Waals surface area contributed by atoms with Gasteiger partial charge < -0.3 is 15.0 Å². The minimum atomic E-state index is -0.220.